The summed E-state index contributed by atoms with van der Waals surface area (Å²) in [6, 6.07) is 7.50. The van der Waals surface area contributed by atoms with Crippen LogP contribution >= 0.6 is 15.9 Å². The smallest absolute Gasteiger partial charge is 0.345 e. The summed E-state index contributed by atoms with van der Waals surface area (Å²) >= 11 is 3.23. The molecular weight excluding hydrogens is 344 g/mol. The summed E-state index contributed by atoms with van der Waals surface area (Å²) in [5.41, 5.74) is 2.29. The number of halogens is 1. The summed E-state index contributed by atoms with van der Waals surface area (Å²) in [5, 5.41) is 0. The van der Waals surface area contributed by atoms with Crippen LogP contribution in [-0.2, 0) is 0 Å². The molecule has 3 aromatic rings. The van der Waals surface area contributed by atoms with Gasteiger partial charge < -0.3 is 8.82 Å². The number of allylic oxidation sites excluding steroid dienone is 2. The van der Waals surface area contributed by atoms with Crippen molar-refractivity contribution in [2.75, 3.05) is 0 Å². The lowest BCUT2D eigenvalue weighted by Gasteiger charge is -2.01. The molecule has 0 aliphatic heterocycles. The number of aromatic nitrogens is 2. The number of aryl methyl sites for hydroxylation is 1. The zero-order valence-corrected chi connectivity index (χ0v) is 13.5. The van der Waals surface area contributed by atoms with E-state index in [9.17, 15) is 4.79 Å². The van der Waals surface area contributed by atoms with Gasteiger partial charge in [0, 0.05) is 16.9 Å². The maximum atomic E-state index is 12.2. The van der Waals surface area contributed by atoms with E-state index >= 15 is 0 Å². The Morgan fingerprint density at radius 3 is 3.00 bits per heavy atom. The third kappa shape index (κ3) is 2.80. The molecule has 0 radical (unpaired) electrons. The fourth-order valence-electron chi connectivity index (χ4n) is 2.16. The molecule has 22 heavy (non-hydrogen) atoms. The molecule has 3 rings (SSSR count). The first kappa shape index (κ1) is 14.5. The third-order valence-electron chi connectivity index (χ3n) is 3.23. The molecule has 0 bridgehead atoms. The monoisotopic (exact) mass is 356 g/mol. The zero-order chi connectivity index (χ0) is 15.7. The van der Waals surface area contributed by atoms with Gasteiger partial charge >= 0.3 is 5.63 Å². The van der Waals surface area contributed by atoms with Crippen molar-refractivity contribution in [3.05, 3.63) is 75.5 Å². The van der Waals surface area contributed by atoms with Crippen molar-refractivity contribution in [2.24, 2.45) is 0 Å². The highest BCUT2D eigenvalue weighted by Crippen LogP contribution is 2.20. The van der Waals surface area contributed by atoms with E-state index in [1.807, 2.05) is 41.9 Å². The van der Waals surface area contributed by atoms with Crippen molar-refractivity contribution in [1.29, 1.82) is 0 Å². The molecule has 0 unspecified atom stereocenters. The number of pyridine rings is 1. The van der Waals surface area contributed by atoms with E-state index in [2.05, 4.69) is 27.5 Å². The molecular formula is C17H13BrN2O2. The van der Waals surface area contributed by atoms with Gasteiger partial charge in [0.2, 0.25) is 0 Å². The minimum Gasteiger partial charge on any atom is -0.423 e. The van der Waals surface area contributed by atoms with Gasteiger partial charge in [-0.3, -0.25) is 0 Å². The number of nitrogens with zero attached hydrogens (tertiary/aromatic N) is 2. The minimum absolute atomic E-state index is 0.408. The van der Waals surface area contributed by atoms with Gasteiger partial charge in [-0.05, 0) is 42.8 Å². The van der Waals surface area contributed by atoms with E-state index in [1.54, 1.807) is 18.2 Å². The zero-order valence-electron chi connectivity index (χ0n) is 11.9. The summed E-state index contributed by atoms with van der Waals surface area (Å²) in [5.74, 6) is 0.512. The van der Waals surface area contributed by atoms with E-state index in [0.29, 0.717) is 21.5 Å². The van der Waals surface area contributed by atoms with Gasteiger partial charge in [0.15, 0.2) is 0 Å². The second-order valence-electron chi connectivity index (χ2n) is 4.87. The lowest BCUT2D eigenvalue weighted by atomic mass is 10.1. The third-order valence-corrected chi connectivity index (χ3v) is 3.49. The van der Waals surface area contributed by atoms with Crippen molar-refractivity contribution >= 4 is 27.7 Å². The second-order valence-corrected chi connectivity index (χ2v) is 5.89. The van der Waals surface area contributed by atoms with E-state index < -0.39 is 5.63 Å². The predicted molar refractivity (Wildman–Crippen MR) is 91.0 cm³/mol. The van der Waals surface area contributed by atoms with E-state index in [0.717, 1.165) is 11.2 Å². The van der Waals surface area contributed by atoms with Crippen molar-refractivity contribution in [1.82, 2.24) is 9.38 Å². The summed E-state index contributed by atoms with van der Waals surface area (Å²) in [4.78, 5) is 16.7. The Kier molecular flexibility index (Phi) is 3.81. The molecule has 5 heteroatoms. The number of rotatable bonds is 3. The van der Waals surface area contributed by atoms with Crippen LogP contribution in [0.4, 0.5) is 0 Å². The fourth-order valence-corrected chi connectivity index (χ4v) is 2.29. The van der Waals surface area contributed by atoms with Crippen LogP contribution in [0.2, 0.25) is 0 Å². The Labute approximate surface area is 135 Å². The van der Waals surface area contributed by atoms with Gasteiger partial charge in [0.25, 0.3) is 0 Å². The van der Waals surface area contributed by atoms with Gasteiger partial charge in [-0.2, -0.15) is 0 Å². The average molecular weight is 357 g/mol. The van der Waals surface area contributed by atoms with E-state index in [1.165, 1.54) is 0 Å². The van der Waals surface area contributed by atoms with Crippen LogP contribution in [0.5, 0.6) is 0 Å². The molecule has 110 valence electrons. The van der Waals surface area contributed by atoms with Crippen molar-refractivity contribution in [3.8, 4) is 11.3 Å². The number of imidazole rings is 1. The molecule has 3 aromatic heterocycles. The highest BCUT2D eigenvalue weighted by Gasteiger charge is 2.12. The average Bonchev–Trinajstić information content (AvgIpc) is 2.91. The molecule has 0 saturated carbocycles. The Morgan fingerprint density at radius 2 is 2.27 bits per heavy atom. The summed E-state index contributed by atoms with van der Waals surface area (Å²) in [6.45, 7) is 5.60. The van der Waals surface area contributed by atoms with Crippen LogP contribution in [0, 0.1) is 6.92 Å². The van der Waals surface area contributed by atoms with Crippen LogP contribution in [0.1, 0.15) is 11.3 Å². The summed E-state index contributed by atoms with van der Waals surface area (Å²) in [7, 11) is 0. The lowest BCUT2D eigenvalue weighted by molar-refractivity contribution is 0.499. The molecule has 0 spiro atoms. The SMILES string of the molecule is C=C(Br)/C=C\c1oc(=O)c(-c2cn3ccccc3n2)cc1C. The van der Waals surface area contributed by atoms with E-state index in [-0.39, 0.29) is 0 Å². The topological polar surface area (TPSA) is 47.5 Å². The normalized spacial score (nSPS) is 11.4. The molecule has 0 atom stereocenters. The van der Waals surface area contributed by atoms with Gasteiger partial charge in [-0.25, -0.2) is 9.78 Å². The quantitative estimate of drug-likeness (QED) is 0.661. The van der Waals surface area contributed by atoms with Crippen LogP contribution < -0.4 is 5.63 Å². The molecule has 0 fully saturated rings. The van der Waals surface area contributed by atoms with Crippen LogP contribution in [-0.4, -0.2) is 9.38 Å². The summed E-state index contributed by atoms with van der Waals surface area (Å²) in [6.07, 6.45) is 7.15. The largest absolute Gasteiger partial charge is 0.423 e. The minimum atomic E-state index is -0.408. The van der Waals surface area contributed by atoms with Crippen LogP contribution in [0.3, 0.4) is 0 Å². The Hall–Kier alpha value is -2.40. The first-order valence-electron chi connectivity index (χ1n) is 6.66. The molecule has 3 heterocycles. The Bertz CT molecular complexity index is 918. The highest BCUT2D eigenvalue weighted by atomic mass is 79.9. The number of hydrogen-bond donors (Lipinski definition) is 0. The number of hydrogen-bond acceptors (Lipinski definition) is 3. The van der Waals surface area contributed by atoms with Crippen molar-refractivity contribution in [2.45, 2.75) is 6.92 Å². The second kappa shape index (κ2) is 5.77. The van der Waals surface area contributed by atoms with Crippen LogP contribution in [0.25, 0.3) is 23.0 Å². The first-order valence-corrected chi connectivity index (χ1v) is 7.45. The molecule has 0 amide bonds. The first-order chi connectivity index (χ1) is 10.5. The summed E-state index contributed by atoms with van der Waals surface area (Å²) < 4.78 is 7.96. The fraction of sp³-hybridized carbons (Fsp3) is 0.0588. The molecule has 0 N–H and O–H groups in total. The molecule has 0 aromatic carbocycles. The van der Waals surface area contributed by atoms with Gasteiger partial charge in [-0.15, -0.1) is 0 Å². The van der Waals surface area contributed by atoms with Crippen molar-refractivity contribution < 1.29 is 4.42 Å². The van der Waals surface area contributed by atoms with Gasteiger partial charge in [0.05, 0.1) is 11.3 Å². The van der Waals surface area contributed by atoms with Gasteiger partial charge in [0.1, 0.15) is 11.4 Å². The maximum Gasteiger partial charge on any atom is 0.345 e. The lowest BCUT2D eigenvalue weighted by Crippen LogP contribution is -2.05. The van der Waals surface area contributed by atoms with Crippen molar-refractivity contribution in [3.63, 3.8) is 0 Å². The predicted octanol–water partition coefficient (Wildman–Crippen LogP) is 4.18. The molecule has 0 saturated heterocycles. The highest BCUT2D eigenvalue weighted by molar-refractivity contribution is 9.11. The standard InChI is InChI=1S/C17H13BrN2O2/c1-11-9-13(17(21)22-15(11)7-6-12(2)18)14-10-20-8-4-3-5-16(20)19-14/h3-10H,2H2,1H3/b7-6-. The van der Waals surface area contributed by atoms with E-state index in [4.69, 9.17) is 4.42 Å². The molecule has 0 aliphatic rings. The molecule has 0 aliphatic carbocycles. The van der Waals surface area contributed by atoms with Gasteiger partial charge in [-0.1, -0.05) is 28.6 Å². The Balaban J connectivity index is 2.10. The maximum absolute atomic E-state index is 12.2. The Morgan fingerprint density at radius 1 is 1.45 bits per heavy atom. The molecule has 4 nitrogen and oxygen atoms in total. The van der Waals surface area contributed by atoms with Crippen LogP contribution in [0.15, 0.2) is 63.0 Å². The number of fused-ring (bicyclic) bond motifs is 1.